The van der Waals surface area contributed by atoms with E-state index in [1.807, 2.05) is 11.8 Å². The fourth-order valence-corrected chi connectivity index (χ4v) is 3.10. The van der Waals surface area contributed by atoms with Gasteiger partial charge in [0, 0.05) is 37.9 Å². The summed E-state index contributed by atoms with van der Waals surface area (Å²) in [6, 6.07) is 0.977. The van der Waals surface area contributed by atoms with E-state index < -0.39 is 0 Å². The van der Waals surface area contributed by atoms with E-state index in [0.29, 0.717) is 17.1 Å². The van der Waals surface area contributed by atoms with E-state index in [9.17, 15) is 4.79 Å². The van der Waals surface area contributed by atoms with Crippen LogP contribution in [-0.4, -0.2) is 57.2 Å². The Morgan fingerprint density at radius 2 is 2.19 bits per heavy atom. The molecule has 0 bridgehead atoms. The number of aromatic nitrogens is 2. The van der Waals surface area contributed by atoms with Gasteiger partial charge >= 0.3 is 0 Å². The maximum atomic E-state index is 12.4. The number of halogens is 1. The number of aryl methyl sites for hydroxylation is 1. The van der Waals surface area contributed by atoms with Crippen molar-refractivity contribution in [3.8, 4) is 0 Å². The molecule has 1 aliphatic rings. The van der Waals surface area contributed by atoms with Gasteiger partial charge < -0.3 is 4.90 Å². The van der Waals surface area contributed by atoms with Gasteiger partial charge in [-0.1, -0.05) is 18.5 Å². The van der Waals surface area contributed by atoms with Gasteiger partial charge in [-0.3, -0.25) is 14.4 Å². The Hall–Kier alpha value is -1.07. The number of piperazine rings is 1. The molecule has 0 radical (unpaired) electrons. The molecule has 118 valence electrons. The first-order valence-electron chi connectivity index (χ1n) is 7.65. The van der Waals surface area contributed by atoms with Gasteiger partial charge in [0.2, 0.25) is 5.91 Å². The summed E-state index contributed by atoms with van der Waals surface area (Å²) in [7, 11) is 0. The summed E-state index contributed by atoms with van der Waals surface area (Å²) >= 11 is 5.98. The summed E-state index contributed by atoms with van der Waals surface area (Å²) in [6.45, 7) is 11.3. The number of carbonyl (C=O) groups is 1. The molecule has 0 spiro atoms. The van der Waals surface area contributed by atoms with Gasteiger partial charge in [0.1, 0.15) is 6.54 Å². The zero-order valence-electron chi connectivity index (χ0n) is 13.3. The predicted molar refractivity (Wildman–Crippen MR) is 84.5 cm³/mol. The molecule has 0 aromatic carbocycles. The highest BCUT2D eigenvalue weighted by atomic mass is 35.5. The van der Waals surface area contributed by atoms with Gasteiger partial charge in [0.05, 0.1) is 10.7 Å². The quantitative estimate of drug-likeness (QED) is 0.855. The van der Waals surface area contributed by atoms with Crippen LogP contribution in [-0.2, 0) is 11.3 Å². The number of amides is 1. The Balaban J connectivity index is 1.97. The van der Waals surface area contributed by atoms with Crippen molar-refractivity contribution in [1.29, 1.82) is 0 Å². The molecule has 2 rings (SSSR count). The van der Waals surface area contributed by atoms with E-state index in [1.165, 1.54) is 0 Å². The second-order valence-electron chi connectivity index (χ2n) is 5.99. The van der Waals surface area contributed by atoms with Crippen LogP contribution in [0, 0.1) is 6.92 Å². The largest absolute Gasteiger partial charge is 0.338 e. The Bertz CT molecular complexity index is 480. The number of hydrogen-bond donors (Lipinski definition) is 0. The number of rotatable bonds is 4. The highest BCUT2D eigenvalue weighted by Crippen LogP contribution is 2.17. The van der Waals surface area contributed by atoms with Crippen molar-refractivity contribution in [2.75, 3.05) is 19.6 Å². The van der Waals surface area contributed by atoms with E-state index in [-0.39, 0.29) is 12.5 Å². The summed E-state index contributed by atoms with van der Waals surface area (Å²) in [5.74, 6) is 0.121. The Labute approximate surface area is 131 Å². The normalized spacial score (nSPS) is 20.3. The third kappa shape index (κ3) is 3.77. The average molecular weight is 313 g/mol. The van der Waals surface area contributed by atoms with Crippen LogP contribution in [0.5, 0.6) is 0 Å². The molecule has 1 aromatic rings. The lowest BCUT2D eigenvalue weighted by Gasteiger charge is -2.43. The molecular formula is C15H25ClN4O. The van der Waals surface area contributed by atoms with Crippen LogP contribution in [0.2, 0.25) is 5.02 Å². The van der Waals surface area contributed by atoms with E-state index in [0.717, 1.165) is 31.7 Å². The van der Waals surface area contributed by atoms with Crippen molar-refractivity contribution in [3.05, 3.63) is 16.9 Å². The summed E-state index contributed by atoms with van der Waals surface area (Å²) in [4.78, 5) is 16.9. The molecule has 5 nitrogen and oxygen atoms in total. The van der Waals surface area contributed by atoms with Crippen molar-refractivity contribution < 1.29 is 4.79 Å². The lowest BCUT2D eigenvalue weighted by Crippen LogP contribution is -2.56. The highest BCUT2D eigenvalue weighted by Gasteiger charge is 2.29. The van der Waals surface area contributed by atoms with Crippen LogP contribution in [0.4, 0.5) is 0 Å². The Kier molecular flexibility index (Phi) is 5.27. The Morgan fingerprint density at radius 1 is 1.48 bits per heavy atom. The third-order valence-corrected chi connectivity index (χ3v) is 4.57. The first kappa shape index (κ1) is 16.3. The van der Waals surface area contributed by atoms with Gasteiger partial charge in [-0.25, -0.2) is 0 Å². The molecule has 0 aliphatic carbocycles. The van der Waals surface area contributed by atoms with Crippen molar-refractivity contribution in [2.45, 2.75) is 52.7 Å². The number of carbonyl (C=O) groups excluding carboxylic acids is 1. The summed E-state index contributed by atoms with van der Waals surface area (Å²) in [5, 5.41) is 4.86. The lowest BCUT2D eigenvalue weighted by atomic mass is 10.1. The van der Waals surface area contributed by atoms with Gasteiger partial charge in [0.15, 0.2) is 0 Å². The first-order valence-corrected chi connectivity index (χ1v) is 8.03. The van der Waals surface area contributed by atoms with E-state index in [1.54, 1.807) is 10.9 Å². The van der Waals surface area contributed by atoms with Crippen LogP contribution < -0.4 is 0 Å². The Morgan fingerprint density at radius 3 is 2.71 bits per heavy atom. The molecule has 1 aliphatic heterocycles. The topological polar surface area (TPSA) is 41.4 Å². The van der Waals surface area contributed by atoms with E-state index in [2.05, 4.69) is 30.8 Å². The molecule has 21 heavy (non-hydrogen) atoms. The zero-order valence-corrected chi connectivity index (χ0v) is 14.1. The van der Waals surface area contributed by atoms with Crippen LogP contribution in [0.25, 0.3) is 0 Å². The third-order valence-electron chi connectivity index (χ3n) is 4.20. The van der Waals surface area contributed by atoms with Crippen molar-refractivity contribution in [1.82, 2.24) is 19.6 Å². The molecule has 6 heteroatoms. The molecule has 1 atom stereocenters. The second kappa shape index (κ2) is 6.79. The van der Waals surface area contributed by atoms with Gasteiger partial charge in [-0.15, -0.1) is 0 Å². The predicted octanol–water partition coefficient (Wildman–Crippen LogP) is 2.18. The summed E-state index contributed by atoms with van der Waals surface area (Å²) in [6.07, 6.45) is 2.78. The molecular weight excluding hydrogens is 288 g/mol. The van der Waals surface area contributed by atoms with Crippen molar-refractivity contribution in [3.63, 3.8) is 0 Å². The van der Waals surface area contributed by atoms with Crippen molar-refractivity contribution in [2.24, 2.45) is 0 Å². The summed E-state index contributed by atoms with van der Waals surface area (Å²) < 4.78 is 1.63. The molecule has 1 fully saturated rings. The maximum Gasteiger partial charge on any atom is 0.244 e. The molecule has 0 N–H and O–H groups in total. The first-order chi connectivity index (χ1) is 9.92. The average Bonchev–Trinajstić information content (AvgIpc) is 2.76. The van der Waals surface area contributed by atoms with Crippen LogP contribution in [0.3, 0.4) is 0 Å². The SMILES string of the molecule is CC[C@H]1CN(C(=O)Cn2cc(Cl)c(C)n2)CCN1C(C)C. The molecule has 0 unspecified atom stereocenters. The molecule has 1 amide bonds. The fourth-order valence-electron chi connectivity index (χ4n) is 2.95. The van der Waals surface area contributed by atoms with Gasteiger partial charge in [-0.05, 0) is 27.2 Å². The molecule has 1 aromatic heterocycles. The van der Waals surface area contributed by atoms with Crippen LogP contribution in [0.1, 0.15) is 32.9 Å². The summed E-state index contributed by atoms with van der Waals surface area (Å²) in [5.41, 5.74) is 0.764. The van der Waals surface area contributed by atoms with Crippen LogP contribution in [0.15, 0.2) is 6.20 Å². The minimum absolute atomic E-state index is 0.121. The van der Waals surface area contributed by atoms with Crippen molar-refractivity contribution >= 4 is 17.5 Å². The smallest absolute Gasteiger partial charge is 0.244 e. The maximum absolute atomic E-state index is 12.4. The number of nitrogens with zero attached hydrogens (tertiary/aromatic N) is 4. The standard InChI is InChI=1S/C15H25ClN4O/c1-5-13-8-18(6-7-20(13)11(2)3)15(21)10-19-9-14(16)12(4)17-19/h9,11,13H,5-8,10H2,1-4H3/t13-/m0/s1. The minimum Gasteiger partial charge on any atom is -0.338 e. The van der Waals surface area contributed by atoms with Gasteiger partial charge in [0.25, 0.3) is 0 Å². The monoisotopic (exact) mass is 312 g/mol. The number of hydrogen-bond acceptors (Lipinski definition) is 3. The highest BCUT2D eigenvalue weighted by molar-refractivity contribution is 6.31. The lowest BCUT2D eigenvalue weighted by molar-refractivity contribution is -0.135. The van der Waals surface area contributed by atoms with Gasteiger partial charge in [-0.2, -0.15) is 5.10 Å². The van der Waals surface area contributed by atoms with E-state index in [4.69, 9.17) is 11.6 Å². The van der Waals surface area contributed by atoms with Crippen LogP contribution >= 0.6 is 11.6 Å². The second-order valence-corrected chi connectivity index (χ2v) is 6.40. The fraction of sp³-hybridized carbons (Fsp3) is 0.733. The molecule has 1 saturated heterocycles. The molecule has 0 saturated carbocycles. The minimum atomic E-state index is 0.121. The van der Waals surface area contributed by atoms with E-state index >= 15 is 0 Å². The zero-order chi connectivity index (χ0) is 15.6. The molecule has 2 heterocycles.